The maximum atomic E-state index is 11.6. The number of carbonyl (C=O) groups is 2. The minimum atomic E-state index is -0.923. The average molecular weight is 257 g/mol. The van der Waals surface area contributed by atoms with E-state index in [1.807, 2.05) is 6.92 Å². The predicted octanol–water partition coefficient (Wildman–Crippen LogP) is 1.56. The topological polar surface area (TPSA) is 75.6 Å². The number of hydrogen-bond acceptors (Lipinski definition) is 3. The van der Waals surface area contributed by atoms with Gasteiger partial charge in [0.1, 0.15) is 0 Å². The van der Waals surface area contributed by atoms with Crippen LogP contribution in [0.15, 0.2) is 0 Å². The Hall–Kier alpha value is -1.10. The molecule has 5 heteroatoms. The molecule has 2 atom stereocenters. The Bertz CT molecular complexity index is 314. The summed E-state index contributed by atoms with van der Waals surface area (Å²) in [5.41, 5.74) is -0.923. The van der Waals surface area contributed by atoms with Gasteiger partial charge in [-0.3, -0.25) is 9.59 Å². The Morgan fingerprint density at radius 1 is 1.39 bits per heavy atom. The summed E-state index contributed by atoms with van der Waals surface area (Å²) in [6.07, 6.45) is 3.65. The maximum Gasteiger partial charge on any atom is 0.310 e. The van der Waals surface area contributed by atoms with E-state index < -0.39 is 11.4 Å². The van der Waals surface area contributed by atoms with E-state index >= 15 is 0 Å². The lowest BCUT2D eigenvalue weighted by atomic mass is 9.94. The van der Waals surface area contributed by atoms with Gasteiger partial charge in [0, 0.05) is 13.0 Å². The van der Waals surface area contributed by atoms with Crippen molar-refractivity contribution in [3.63, 3.8) is 0 Å². The van der Waals surface area contributed by atoms with Gasteiger partial charge >= 0.3 is 5.97 Å². The van der Waals surface area contributed by atoms with E-state index in [2.05, 4.69) is 5.32 Å². The number of hydrogen-bond donors (Lipinski definition) is 2. The second-order valence-electron chi connectivity index (χ2n) is 5.65. The molecular weight excluding hydrogens is 234 g/mol. The molecule has 0 saturated carbocycles. The van der Waals surface area contributed by atoms with Gasteiger partial charge in [-0.25, -0.2) is 0 Å². The Morgan fingerprint density at radius 3 is 2.56 bits per heavy atom. The number of ether oxygens (including phenoxy) is 1. The molecule has 0 unspecified atom stereocenters. The van der Waals surface area contributed by atoms with E-state index in [1.165, 1.54) is 0 Å². The van der Waals surface area contributed by atoms with E-state index in [4.69, 9.17) is 9.84 Å². The summed E-state index contributed by atoms with van der Waals surface area (Å²) in [7, 11) is 0. The summed E-state index contributed by atoms with van der Waals surface area (Å²) in [4.78, 5) is 22.5. The lowest BCUT2D eigenvalue weighted by Crippen LogP contribution is -2.39. The molecule has 1 amide bonds. The minimum Gasteiger partial charge on any atom is -0.481 e. The Morgan fingerprint density at radius 2 is 2.06 bits per heavy atom. The molecule has 0 aromatic carbocycles. The maximum absolute atomic E-state index is 11.6. The summed E-state index contributed by atoms with van der Waals surface area (Å²) in [5.74, 6) is -1.01. The zero-order valence-corrected chi connectivity index (χ0v) is 11.4. The molecule has 0 bridgehead atoms. The van der Waals surface area contributed by atoms with Gasteiger partial charge in [0.15, 0.2) is 0 Å². The van der Waals surface area contributed by atoms with Crippen LogP contribution < -0.4 is 5.32 Å². The van der Waals surface area contributed by atoms with Crippen LogP contribution in [0.25, 0.3) is 0 Å². The van der Waals surface area contributed by atoms with Gasteiger partial charge in [-0.1, -0.05) is 0 Å². The first kappa shape index (κ1) is 15.0. The Balaban J connectivity index is 2.20. The third-order valence-electron chi connectivity index (χ3n) is 3.32. The molecule has 5 nitrogen and oxygen atoms in total. The summed E-state index contributed by atoms with van der Waals surface area (Å²) in [5, 5.41) is 11.6. The van der Waals surface area contributed by atoms with E-state index in [0.29, 0.717) is 18.9 Å². The van der Waals surface area contributed by atoms with Crippen molar-refractivity contribution in [2.24, 2.45) is 5.41 Å². The summed E-state index contributed by atoms with van der Waals surface area (Å²) in [6.45, 7) is 5.38. The summed E-state index contributed by atoms with van der Waals surface area (Å²) in [6, 6.07) is 0. The zero-order valence-electron chi connectivity index (χ0n) is 11.4. The first-order valence-electron chi connectivity index (χ1n) is 6.47. The molecule has 18 heavy (non-hydrogen) atoms. The average Bonchev–Trinajstić information content (AvgIpc) is 2.69. The molecule has 2 N–H and O–H groups in total. The third-order valence-corrected chi connectivity index (χ3v) is 3.32. The quantitative estimate of drug-likeness (QED) is 0.757. The van der Waals surface area contributed by atoms with Gasteiger partial charge in [0.2, 0.25) is 5.91 Å². The predicted molar refractivity (Wildman–Crippen MR) is 67.2 cm³/mol. The Labute approximate surface area is 108 Å². The van der Waals surface area contributed by atoms with Crippen LogP contribution in [-0.2, 0) is 14.3 Å². The van der Waals surface area contributed by atoms with Gasteiger partial charge in [0.05, 0.1) is 17.6 Å². The van der Waals surface area contributed by atoms with Crippen molar-refractivity contribution in [1.82, 2.24) is 5.32 Å². The van der Waals surface area contributed by atoms with E-state index in [-0.39, 0.29) is 18.6 Å². The van der Waals surface area contributed by atoms with Crippen LogP contribution >= 0.6 is 0 Å². The van der Waals surface area contributed by atoms with Crippen LogP contribution in [0.3, 0.4) is 0 Å². The smallest absolute Gasteiger partial charge is 0.310 e. The number of amides is 1. The molecule has 1 aliphatic rings. The molecule has 104 valence electrons. The molecule has 1 saturated heterocycles. The minimum absolute atomic E-state index is 0.104. The largest absolute Gasteiger partial charge is 0.481 e. The lowest BCUT2D eigenvalue weighted by molar-refractivity contribution is -0.146. The molecule has 0 aliphatic carbocycles. The highest BCUT2D eigenvalue weighted by Crippen LogP contribution is 2.22. The molecular formula is C13H23NO4. The number of carboxylic acid groups (broad SMARTS) is 1. The molecule has 0 aromatic rings. The molecule has 0 radical (unpaired) electrons. The van der Waals surface area contributed by atoms with E-state index in [1.54, 1.807) is 13.8 Å². The van der Waals surface area contributed by atoms with Crippen molar-refractivity contribution in [1.29, 1.82) is 0 Å². The van der Waals surface area contributed by atoms with Crippen LogP contribution in [0.1, 0.15) is 46.5 Å². The number of rotatable bonds is 6. The van der Waals surface area contributed by atoms with Crippen molar-refractivity contribution in [2.45, 2.75) is 58.7 Å². The zero-order chi connectivity index (χ0) is 13.8. The lowest BCUT2D eigenvalue weighted by Gasteiger charge is -2.19. The van der Waals surface area contributed by atoms with Crippen LogP contribution in [-0.4, -0.2) is 35.7 Å². The fourth-order valence-corrected chi connectivity index (χ4v) is 1.87. The van der Waals surface area contributed by atoms with Gasteiger partial charge in [-0.15, -0.1) is 0 Å². The molecule has 1 fully saturated rings. The highest BCUT2D eigenvalue weighted by atomic mass is 16.5. The van der Waals surface area contributed by atoms with Gasteiger partial charge in [-0.2, -0.15) is 0 Å². The second-order valence-corrected chi connectivity index (χ2v) is 5.65. The highest BCUT2D eigenvalue weighted by Gasteiger charge is 2.28. The second kappa shape index (κ2) is 6.18. The van der Waals surface area contributed by atoms with Crippen molar-refractivity contribution >= 4 is 11.9 Å². The number of nitrogens with one attached hydrogen (secondary N) is 1. The molecule has 1 heterocycles. The standard InChI is InChI=1S/C13H23NO4/c1-9-4-5-10(18-9)6-7-11(15)14-8-13(2,3)12(16)17/h9-10H,4-8H2,1-3H3,(H,14,15)(H,16,17)/t9-,10+/m1/s1. The van der Waals surface area contributed by atoms with Crippen molar-refractivity contribution in [3.05, 3.63) is 0 Å². The molecule has 0 spiro atoms. The normalized spacial score (nSPS) is 23.9. The Kier molecular flexibility index (Phi) is 5.14. The van der Waals surface area contributed by atoms with Crippen molar-refractivity contribution in [3.8, 4) is 0 Å². The molecule has 1 rings (SSSR count). The van der Waals surface area contributed by atoms with Crippen molar-refractivity contribution < 1.29 is 19.4 Å². The molecule has 1 aliphatic heterocycles. The number of aliphatic carboxylic acids is 1. The summed E-state index contributed by atoms with van der Waals surface area (Å²) < 4.78 is 5.62. The van der Waals surface area contributed by atoms with Gasteiger partial charge in [0.25, 0.3) is 0 Å². The fourth-order valence-electron chi connectivity index (χ4n) is 1.87. The van der Waals surface area contributed by atoms with E-state index in [0.717, 1.165) is 12.8 Å². The van der Waals surface area contributed by atoms with Gasteiger partial charge < -0.3 is 15.2 Å². The monoisotopic (exact) mass is 257 g/mol. The third kappa shape index (κ3) is 4.64. The van der Waals surface area contributed by atoms with Crippen LogP contribution in [0.2, 0.25) is 0 Å². The SMILES string of the molecule is C[C@@H]1CC[C@@H](CCC(=O)NCC(C)(C)C(=O)O)O1. The number of carbonyl (C=O) groups excluding carboxylic acids is 1. The highest BCUT2D eigenvalue weighted by molar-refractivity contribution is 5.78. The fraction of sp³-hybridized carbons (Fsp3) is 0.846. The first-order chi connectivity index (χ1) is 8.31. The first-order valence-corrected chi connectivity index (χ1v) is 6.47. The summed E-state index contributed by atoms with van der Waals surface area (Å²) >= 11 is 0. The number of carboxylic acids is 1. The van der Waals surface area contributed by atoms with Crippen molar-refractivity contribution in [2.75, 3.05) is 6.54 Å². The van der Waals surface area contributed by atoms with Crippen LogP contribution in [0, 0.1) is 5.41 Å². The van der Waals surface area contributed by atoms with Crippen LogP contribution in [0.4, 0.5) is 0 Å². The van der Waals surface area contributed by atoms with E-state index in [9.17, 15) is 9.59 Å². The molecule has 0 aromatic heterocycles. The van der Waals surface area contributed by atoms with Crippen LogP contribution in [0.5, 0.6) is 0 Å². The van der Waals surface area contributed by atoms with Gasteiger partial charge in [-0.05, 0) is 40.0 Å².